The quantitative estimate of drug-likeness (QED) is 0.885. The standard InChI is InChI=1S/C18H25FN2O3/c1-13(2)16(22)12-18(24)21-9-7-20(8-10-21)17(23)11-14-5-3-4-6-15(14)19/h3-6,13,16,22H,7-12H2,1-2H3. The number of halogens is 1. The van der Waals surface area contributed by atoms with E-state index in [-0.39, 0.29) is 36.4 Å². The zero-order valence-electron chi connectivity index (χ0n) is 14.2. The highest BCUT2D eigenvalue weighted by Gasteiger charge is 2.26. The zero-order chi connectivity index (χ0) is 17.7. The fourth-order valence-electron chi connectivity index (χ4n) is 2.67. The van der Waals surface area contributed by atoms with Crippen LogP contribution in [0.2, 0.25) is 0 Å². The summed E-state index contributed by atoms with van der Waals surface area (Å²) in [6, 6.07) is 6.27. The van der Waals surface area contributed by atoms with E-state index in [1.165, 1.54) is 6.07 Å². The molecule has 1 saturated heterocycles. The Bertz CT molecular complexity index is 583. The van der Waals surface area contributed by atoms with Gasteiger partial charge in [0.15, 0.2) is 0 Å². The van der Waals surface area contributed by atoms with E-state index in [0.717, 1.165) is 0 Å². The molecule has 0 aromatic heterocycles. The molecule has 0 spiro atoms. The van der Waals surface area contributed by atoms with Gasteiger partial charge in [-0.05, 0) is 17.5 Å². The van der Waals surface area contributed by atoms with E-state index in [0.29, 0.717) is 31.7 Å². The lowest BCUT2D eigenvalue weighted by atomic mass is 10.0. The second-order valence-electron chi connectivity index (χ2n) is 6.55. The van der Waals surface area contributed by atoms with Crippen LogP contribution in [0.3, 0.4) is 0 Å². The molecule has 0 radical (unpaired) electrons. The van der Waals surface area contributed by atoms with Crippen LogP contribution in [0.15, 0.2) is 24.3 Å². The van der Waals surface area contributed by atoms with Gasteiger partial charge in [-0.15, -0.1) is 0 Å². The van der Waals surface area contributed by atoms with Crippen LogP contribution >= 0.6 is 0 Å². The Hall–Kier alpha value is -1.95. The van der Waals surface area contributed by atoms with Crippen LogP contribution in [0.1, 0.15) is 25.8 Å². The van der Waals surface area contributed by atoms with Crippen molar-refractivity contribution in [2.45, 2.75) is 32.8 Å². The van der Waals surface area contributed by atoms with E-state index in [1.54, 1.807) is 28.0 Å². The molecular weight excluding hydrogens is 311 g/mol. The molecule has 1 heterocycles. The van der Waals surface area contributed by atoms with Gasteiger partial charge in [0.2, 0.25) is 11.8 Å². The largest absolute Gasteiger partial charge is 0.392 e. The summed E-state index contributed by atoms with van der Waals surface area (Å²) in [6.45, 7) is 5.53. The Kier molecular flexibility index (Phi) is 6.31. The van der Waals surface area contributed by atoms with Crippen molar-refractivity contribution in [3.8, 4) is 0 Å². The first-order chi connectivity index (χ1) is 11.4. The van der Waals surface area contributed by atoms with Gasteiger partial charge in [-0.25, -0.2) is 4.39 Å². The van der Waals surface area contributed by atoms with Gasteiger partial charge in [0.1, 0.15) is 5.82 Å². The van der Waals surface area contributed by atoms with Crippen LogP contribution in [0, 0.1) is 11.7 Å². The number of piperazine rings is 1. The Morgan fingerprint density at radius 3 is 2.17 bits per heavy atom. The average molecular weight is 336 g/mol. The lowest BCUT2D eigenvalue weighted by Crippen LogP contribution is -2.51. The third kappa shape index (κ3) is 4.77. The van der Waals surface area contributed by atoms with E-state index >= 15 is 0 Å². The van der Waals surface area contributed by atoms with Gasteiger partial charge in [-0.1, -0.05) is 32.0 Å². The molecule has 1 aromatic rings. The Morgan fingerprint density at radius 2 is 1.62 bits per heavy atom. The number of aliphatic hydroxyl groups excluding tert-OH is 1. The van der Waals surface area contributed by atoms with Crippen molar-refractivity contribution in [1.82, 2.24) is 9.80 Å². The van der Waals surface area contributed by atoms with Crippen LogP contribution in [0.4, 0.5) is 4.39 Å². The van der Waals surface area contributed by atoms with Crippen molar-refractivity contribution in [2.75, 3.05) is 26.2 Å². The third-order valence-corrected chi connectivity index (χ3v) is 4.44. The summed E-state index contributed by atoms with van der Waals surface area (Å²) >= 11 is 0. The minimum atomic E-state index is -0.641. The van der Waals surface area contributed by atoms with Gasteiger partial charge in [0.25, 0.3) is 0 Å². The first-order valence-electron chi connectivity index (χ1n) is 8.35. The highest BCUT2D eigenvalue weighted by Crippen LogP contribution is 2.13. The van der Waals surface area contributed by atoms with Gasteiger partial charge in [0, 0.05) is 26.2 Å². The maximum Gasteiger partial charge on any atom is 0.227 e. The number of carbonyl (C=O) groups excluding carboxylic acids is 2. The topological polar surface area (TPSA) is 60.9 Å². The highest BCUT2D eigenvalue weighted by atomic mass is 19.1. The first kappa shape index (κ1) is 18.4. The molecule has 1 aromatic carbocycles. The molecule has 1 aliphatic heterocycles. The number of aliphatic hydroxyl groups is 1. The Balaban J connectivity index is 1.83. The minimum absolute atomic E-state index is 0.0344. The molecule has 132 valence electrons. The average Bonchev–Trinajstić information content (AvgIpc) is 2.56. The molecule has 2 rings (SSSR count). The van der Waals surface area contributed by atoms with Gasteiger partial charge in [-0.3, -0.25) is 9.59 Å². The molecule has 1 fully saturated rings. The number of benzene rings is 1. The van der Waals surface area contributed by atoms with Gasteiger partial charge >= 0.3 is 0 Å². The molecule has 1 aliphatic rings. The second-order valence-corrected chi connectivity index (χ2v) is 6.55. The summed E-state index contributed by atoms with van der Waals surface area (Å²) in [5, 5.41) is 9.81. The molecule has 0 bridgehead atoms. The van der Waals surface area contributed by atoms with Crippen molar-refractivity contribution in [3.05, 3.63) is 35.6 Å². The molecule has 5 nitrogen and oxygen atoms in total. The predicted molar refractivity (Wildman–Crippen MR) is 88.7 cm³/mol. The van der Waals surface area contributed by atoms with Crippen molar-refractivity contribution >= 4 is 11.8 Å². The number of rotatable bonds is 5. The summed E-state index contributed by atoms with van der Waals surface area (Å²) in [7, 11) is 0. The van der Waals surface area contributed by atoms with Crippen LogP contribution in [0.5, 0.6) is 0 Å². The number of hydrogen-bond donors (Lipinski definition) is 1. The smallest absolute Gasteiger partial charge is 0.227 e. The number of carbonyl (C=O) groups is 2. The van der Waals surface area contributed by atoms with Gasteiger partial charge < -0.3 is 14.9 Å². The summed E-state index contributed by atoms with van der Waals surface area (Å²) in [4.78, 5) is 27.8. The van der Waals surface area contributed by atoms with Gasteiger partial charge in [-0.2, -0.15) is 0 Å². The fourth-order valence-corrected chi connectivity index (χ4v) is 2.67. The molecule has 0 saturated carbocycles. The minimum Gasteiger partial charge on any atom is -0.392 e. The Morgan fingerprint density at radius 1 is 1.08 bits per heavy atom. The van der Waals surface area contributed by atoms with Gasteiger partial charge in [0.05, 0.1) is 18.9 Å². The van der Waals surface area contributed by atoms with Crippen LogP contribution in [0.25, 0.3) is 0 Å². The van der Waals surface area contributed by atoms with Crippen molar-refractivity contribution in [2.24, 2.45) is 5.92 Å². The summed E-state index contributed by atoms with van der Waals surface area (Å²) in [6.07, 6.45) is -0.494. The number of amides is 2. The van der Waals surface area contributed by atoms with Crippen LogP contribution < -0.4 is 0 Å². The van der Waals surface area contributed by atoms with Crippen LogP contribution in [-0.4, -0.2) is 59.0 Å². The SMILES string of the molecule is CC(C)C(O)CC(=O)N1CCN(C(=O)Cc2ccccc2F)CC1. The number of nitrogens with zero attached hydrogens (tertiary/aromatic N) is 2. The Labute approximate surface area is 142 Å². The van der Waals surface area contributed by atoms with E-state index in [4.69, 9.17) is 0 Å². The maximum absolute atomic E-state index is 13.6. The van der Waals surface area contributed by atoms with Crippen molar-refractivity contribution in [3.63, 3.8) is 0 Å². The maximum atomic E-state index is 13.6. The first-order valence-corrected chi connectivity index (χ1v) is 8.35. The highest BCUT2D eigenvalue weighted by molar-refractivity contribution is 5.80. The van der Waals surface area contributed by atoms with Crippen LogP contribution in [-0.2, 0) is 16.0 Å². The second kappa shape index (κ2) is 8.24. The third-order valence-electron chi connectivity index (χ3n) is 4.44. The lowest BCUT2D eigenvalue weighted by molar-refractivity contribution is -0.140. The molecule has 1 atom stereocenters. The monoisotopic (exact) mass is 336 g/mol. The van der Waals surface area contributed by atoms with Crippen molar-refractivity contribution in [1.29, 1.82) is 0 Å². The summed E-state index contributed by atoms with van der Waals surface area (Å²) in [5.74, 6) is -0.549. The molecule has 24 heavy (non-hydrogen) atoms. The molecule has 6 heteroatoms. The molecule has 0 aliphatic carbocycles. The summed E-state index contributed by atoms with van der Waals surface area (Å²) < 4.78 is 13.6. The van der Waals surface area contributed by atoms with E-state index in [9.17, 15) is 19.1 Å². The fraction of sp³-hybridized carbons (Fsp3) is 0.556. The molecule has 1 N–H and O–H groups in total. The normalized spacial score (nSPS) is 16.4. The summed E-state index contributed by atoms with van der Waals surface area (Å²) in [5.41, 5.74) is 0.390. The van der Waals surface area contributed by atoms with E-state index in [2.05, 4.69) is 0 Å². The number of hydrogen-bond acceptors (Lipinski definition) is 3. The zero-order valence-corrected chi connectivity index (χ0v) is 14.2. The van der Waals surface area contributed by atoms with E-state index in [1.807, 2.05) is 13.8 Å². The predicted octanol–water partition coefficient (Wildman–Crippen LogP) is 1.45. The van der Waals surface area contributed by atoms with E-state index < -0.39 is 6.10 Å². The molecule has 2 amide bonds. The lowest BCUT2D eigenvalue weighted by Gasteiger charge is -2.35. The van der Waals surface area contributed by atoms with Crippen molar-refractivity contribution < 1.29 is 19.1 Å². The molecule has 1 unspecified atom stereocenters. The molecular formula is C18H25FN2O3.